The quantitative estimate of drug-likeness (QED) is 0.463. The lowest BCUT2D eigenvalue weighted by molar-refractivity contribution is 0.377. The molecule has 0 aliphatic heterocycles. The van der Waals surface area contributed by atoms with E-state index in [-0.39, 0.29) is 0 Å². The molecule has 1 heteroatoms. The van der Waals surface area contributed by atoms with Gasteiger partial charge in [0.1, 0.15) is 0 Å². The Bertz CT molecular complexity index is 157. The van der Waals surface area contributed by atoms with Crippen LogP contribution in [0, 0.1) is 18.3 Å². The summed E-state index contributed by atoms with van der Waals surface area (Å²) < 4.78 is 0. The minimum atomic E-state index is 0.670. The maximum Gasteiger partial charge on any atom is 0.00866 e. The van der Waals surface area contributed by atoms with Crippen LogP contribution in [-0.2, 0) is 0 Å². The van der Waals surface area contributed by atoms with Crippen molar-refractivity contribution < 1.29 is 0 Å². The lowest BCUT2D eigenvalue weighted by Crippen LogP contribution is -2.30. The normalized spacial score (nSPS) is 14.7. The molecular formula is C13H25N. The Balaban J connectivity index is 3.71. The average Bonchev–Trinajstić information content (AvgIpc) is 2.18. The van der Waals surface area contributed by atoms with Gasteiger partial charge < -0.3 is 5.32 Å². The Kier molecular flexibility index (Phi) is 8.78. The van der Waals surface area contributed by atoms with Gasteiger partial charge in [0, 0.05) is 12.5 Å². The fraction of sp³-hybridized carbons (Fsp3) is 0.846. The van der Waals surface area contributed by atoms with Crippen LogP contribution >= 0.6 is 0 Å². The van der Waals surface area contributed by atoms with E-state index in [0.717, 1.165) is 25.3 Å². The molecule has 0 fully saturated rings. The highest BCUT2D eigenvalue weighted by atomic mass is 14.9. The lowest BCUT2D eigenvalue weighted by atomic mass is 9.96. The summed E-state index contributed by atoms with van der Waals surface area (Å²) in [6, 6.07) is 0.670. The summed E-state index contributed by atoms with van der Waals surface area (Å²) in [7, 11) is 0. The minimum Gasteiger partial charge on any atom is -0.314 e. The maximum atomic E-state index is 5.25. The molecule has 0 spiro atoms. The SMILES string of the molecule is C#CCCCC(CC(C)CC)NCC. The third kappa shape index (κ3) is 6.97. The van der Waals surface area contributed by atoms with Crippen LogP contribution in [0.2, 0.25) is 0 Å². The van der Waals surface area contributed by atoms with Gasteiger partial charge in [-0.1, -0.05) is 27.2 Å². The number of hydrogen-bond acceptors (Lipinski definition) is 1. The van der Waals surface area contributed by atoms with Crippen LogP contribution < -0.4 is 5.32 Å². The molecule has 0 aromatic rings. The smallest absolute Gasteiger partial charge is 0.00866 e. The van der Waals surface area contributed by atoms with E-state index in [2.05, 4.69) is 32.0 Å². The zero-order valence-corrected chi connectivity index (χ0v) is 9.97. The summed E-state index contributed by atoms with van der Waals surface area (Å²) in [4.78, 5) is 0. The van der Waals surface area contributed by atoms with Gasteiger partial charge in [0.15, 0.2) is 0 Å². The van der Waals surface area contributed by atoms with E-state index in [1.54, 1.807) is 0 Å². The van der Waals surface area contributed by atoms with Gasteiger partial charge in [0.2, 0.25) is 0 Å². The molecule has 0 aliphatic carbocycles. The average molecular weight is 195 g/mol. The van der Waals surface area contributed by atoms with E-state index in [0.29, 0.717) is 6.04 Å². The number of rotatable bonds is 8. The fourth-order valence-corrected chi connectivity index (χ4v) is 1.69. The summed E-state index contributed by atoms with van der Waals surface area (Å²) in [6.07, 6.45) is 11.1. The molecule has 0 aliphatic rings. The van der Waals surface area contributed by atoms with E-state index in [9.17, 15) is 0 Å². The van der Waals surface area contributed by atoms with Crippen LogP contribution in [0.5, 0.6) is 0 Å². The Morgan fingerprint density at radius 3 is 2.57 bits per heavy atom. The van der Waals surface area contributed by atoms with Crippen molar-refractivity contribution in [1.29, 1.82) is 0 Å². The molecule has 2 atom stereocenters. The predicted octanol–water partition coefficient (Wildman–Crippen LogP) is 3.20. The molecule has 0 radical (unpaired) electrons. The Labute approximate surface area is 89.7 Å². The lowest BCUT2D eigenvalue weighted by Gasteiger charge is -2.20. The van der Waals surface area contributed by atoms with Crippen molar-refractivity contribution in [1.82, 2.24) is 5.32 Å². The Hall–Kier alpha value is -0.480. The molecule has 14 heavy (non-hydrogen) atoms. The highest BCUT2D eigenvalue weighted by Crippen LogP contribution is 2.14. The van der Waals surface area contributed by atoms with Crippen LogP contribution in [0.25, 0.3) is 0 Å². The number of terminal acetylenes is 1. The first-order valence-corrected chi connectivity index (χ1v) is 5.91. The summed E-state index contributed by atoms with van der Waals surface area (Å²) >= 11 is 0. The molecule has 0 aromatic heterocycles. The second-order valence-electron chi connectivity index (χ2n) is 4.10. The van der Waals surface area contributed by atoms with Gasteiger partial charge in [-0.15, -0.1) is 12.3 Å². The predicted molar refractivity (Wildman–Crippen MR) is 64.2 cm³/mol. The third-order valence-corrected chi connectivity index (χ3v) is 2.75. The van der Waals surface area contributed by atoms with Gasteiger partial charge in [-0.2, -0.15) is 0 Å². The van der Waals surface area contributed by atoms with E-state index < -0.39 is 0 Å². The largest absolute Gasteiger partial charge is 0.314 e. The highest BCUT2D eigenvalue weighted by Gasteiger charge is 2.10. The van der Waals surface area contributed by atoms with Crippen molar-refractivity contribution in [2.75, 3.05) is 6.54 Å². The molecule has 0 amide bonds. The second-order valence-corrected chi connectivity index (χ2v) is 4.10. The van der Waals surface area contributed by atoms with Crippen LogP contribution in [0.4, 0.5) is 0 Å². The summed E-state index contributed by atoms with van der Waals surface area (Å²) in [5.74, 6) is 3.53. The van der Waals surface area contributed by atoms with E-state index in [1.807, 2.05) is 0 Å². The molecule has 1 N–H and O–H groups in total. The summed E-state index contributed by atoms with van der Waals surface area (Å²) in [5.41, 5.74) is 0. The number of unbranched alkanes of at least 4 members (excludes halogenated alkanes) is 1. The minimum absolute atomic E-state index is 0.670. The maximum absolute atomic E-state index is 5.25. The molecular weight excluding hydrogens is 170 g/mol. The van der Waals surface area contributed by atoms with Gasteiger partial charge in [-0.25, -0.2) is 0 Å². The van der Waals surface area contributed by atoms with Crippen molar-refractivity contribution in [2.45, 2.75) is 58.9 Å². The monoisotopic (exact) mass is 195 g/mol. The zero-order valence-electron chi connectivity index (χ0n) is 9.97. The first-order valence-electron chi connectivity index (χ1n) is 5.91. The molecule has 1 nitrogen and oxygen atoms in total. The Morgan fingerprint density at radius 1 is 1.36 bits per heavy atom. The fourth-order valence-electron chi connectivity index (χ4n) is 1.69. The van der Waals surface area contributed by atoms with Crippen molar-refractivity contribution >= 4 is 0 Å². The van der Waals surface area contributed by atoms with E-state index in [4.69, 9.17) is 6.42 Å². The van der Waals surface area contributed by atoms with Gasteiger partial charge >= 0.3 is 0 Å². The van der Waals surface area contributed by atoms with Gasteiger partial charge in [-0.05, 0) is 31.7 Å². The zero-order chi connectivity index (χ0) is 10.8. The summed E-state index contributed by atoms with van der Waals surface area (Å²) in [6.45, 7) is 7.82. The number of hydrogen-bond donors (Lipinski definition) is 1. The second kappa shape index (κ2) is 9.09. The van der Waals surface area contributed by atoms with Crippen molar-refractivity contribution in [3.05, 3.63) is 0 Å². The van der Waals surface area contributed by atoms with Crippen LogP contribution in [0.3, 0.4) is 0 Å². The molecule has 0 heterocycles. The molecule has 2 unspecified atom stereocenters. The summed E-state index contributed by atoms with van der Waals surface area (Å²) in [5, 5.41) is 3.54. The Morgan fingerprint density at radius 2 is 2.07 bits per heavy atom. The first kappa shape index (κ1) is 13.5. The molecule has 0 saturated heterocycles. The standard InChI is InChI=1S/C13H25N/c1-5-8-9-10-13(14-7-3)11-12(4)6-2/h1,12-14H,6-11H2,2-4H3. The van der Waals surface area contributed by atoms with Gasteiger partial charge in [0.05, 0.1) is 0 Å². The van der Waals surface area contributed by atoms with E-state index in [1.165, 1.54) is 19.3 Å². The van der Waals surface area contributed by atoms with Crippen LogP contribution in [0.1, 0.15) is 52.9 Å². The molecule has 0 bridgehead atoms. The molecule has 0 saturated carbocycles. The molecule has 0 rings (SSSR count). The van der Waals surface area contributed by atoms with Crippen LogP contribution in [-0.4, -0.2) is 12.6 Å². The topological polar surface area (TPSA) is 12.0 Å². The van der Waals surface area contributed by atoms with Gasteiger partial charge in [-0.3, -0.25) is 0 Å². The van der Waals surface area contributed by atoms with E-state index >= 15 is 0 Å². The van der Waals surface area contributed by atoms with Crippen molar-refractivity contribution in [2.24, 2.45) is 5.92 Å². The van der Waals surface area contributed by atoms with Crippen molar-refractivity contribution in [3.8, 4) is 12.3 Å². The first-order chi connectivity index (χ1) is 6.74. The third-order valence-electron chi connectivity index (χ3n) is 2.75. The number of nitrogens with one attached hydrogen (secondary N) is 1. The molecule has 0 aromatic carbocycles. The van der Waals surface area contributed by atoms with Crippen LogP contribution in [0.15, 0.2) is 0 Å². The van der Waals surface area contributed by atoms with Crippen molar-refractivity contribution in [3.63, 3.8) is 0 Å². The highest BCUT2D eigenvalue weighted by molar-refractivity contribution is 4.84. The molecule has 82 valence electrons. The van der Waals surface area contributed by atoms with Gasteiger partial charge in [0.25, 0.3) is 0 Å².